The van der Waals surface area contributed by atoms with Gasteiger partial charge in [0, 0.05) is 6.42 Å². The summed E-state index contributed by atoms with van der Waals surface area (Å²) in [4.78, 5) is 9.89. The van der Waals surface area contributed by atoms with Crippen LogP contribution in [0.4, 0.5) is 0 Å². The largest absolute Gasteiger partial charge is 0.481 e. The second kappa shape index (κ2) is 4.32. The van der Waals surface area contributed by atoms with E-state index < -0.39 is 12.1 Å². The predicted molar refractivity (Wildman–Crippen MR) is 32.9 cm³/mol. The Bertz CT molecular complexity index is 90.3. The van der Waals surface area contributed by atoms with Crippen LogP contribution in [0.3, 0.4) is 0 Å². The summed E-state index contributed by atoms with van der Waals surface area (Å²) in [7, 11) is 0. The maximum atomic E-state index is 9.89. The van der Waals surface area contributed by atoms with E-state index in [1.807, 2.05) is 0 Å². The third-order valence-electron chi connectivity index (χ3n) is 1.02. The lowest BCUT2D eigenvalue weighted by Crippen LogP contribution is -2.07. The summed E-state index contributed by atoms with van der Waals surface area (Å²) in [5, 5.41) is 16.9. The molecule has 0 aromatic heterocycles. The zero-order valence-electron chi connectivity index (χ0n) is 5.21. The van der Waals surface area contributed by atoms with Crippen LogP contribution in [0.5, 0.6) is 0 Å². The van der Waals surface area contributed by atoms with Crippen molar-refractivity contribution in [2.45, 2.75) is 25.4 Å². The molecule has 0 aromatic carbocycles. The fourth-order valence-electron chi connectivity index (χ4n) is 0.434. The van der Waals surface area contributed by atoms with Crippen molar-refractivity contribution in [2.24, 2.45) is 0 Å². The molecule has 0 fully saturated rings. The van der Waals surface area contributed by atoms with Crippen molar-refractivity contribution in [3.8, 4) is 0 Å². The molecular weight excluding hydrogens is 120 g/mol. The van der Waals surface area contributed by atoms with Gasteiger partial charge in [-0.25, -0.2) is 0 Å². The van der Waals surface area contributed by atoms with E-state index in [1.54, 1.807) is 0 Å². The lowest BCUT2D eigenvalue weighted by molar-refractivity contribution is -0.137. The van der Waals surface area contributed by atoms with E-state index in [4.69, 9.17) is 10.2 Å². The molecule has 0 unspecified atom stereocenters. The highest BCUT2D eigenvalue weighted by Gasteiger charge is 2.03. The average molecular weight is 131 g/mol. The predicted octanol–water partition coefficient (Wildman–Crippen LogP) is 0.436. The van der Waals surface area contributed by atoms with Crippen molar-refractivity contribution in [2.75, 3.05) is 0 Å². The number of rotatable bonds is 4. The SMILES string of the molecule is [CH2]C[C@@H](O)CCC(=O)O. The molecule has 0 spiro atoms. The monoisotopic (exact) mass is 131 g/mol. The molecule has 3 heteroatoms. The smallest absolute Gasteiger partial charge is 0.303 e. The fraction of sp³-hybridized carbons (Fsp3) is 0.667. The molecule has 2 N–H and O–H groups in total. The quantitative estimate of drug-likeness (QED) is 0.582. The molecule has 0 aliphatic carbocycles. The fourth-order valence-corrected chi connectivity index (χ4v) is 0.434. The highest BCUT2D eigenvalue weighted by molar-refractivity contribution is 5.66. The lowest BCUT2D eigenvalue weighted by Gasteiger charge is -2.02. The first-order valence-corrected chi connectivity index (χ1v) is 2.86. The molecule has 0 bridgehead atoms. The molecule has 1 atom stereocenters. The van der Waals surface area contributed by atoms with Crippen LogP contribution in [0.2, 0.25) is 0 Å². The Kier molecular flexibility index (Phi) is 4.05. The highest BCUT2D eigenvalue weighted by Crippen LogP contribution is 1.99. The van der Waals surface area contributed by atoms with E-state index >= 15 is 0 Å². The zero-order valence-corrected chi connectivity index (χ0v) is 5.21. The second-order valence-electron chi connectivity index (χ2n) is 1.87. The lowest BCUT2D eigenvalue weighted by atomic mass is 10.1. The molecule has 0 saturated carbocycles. The third kappa shape index (κ3) is 5.30. The minimum Gasteiger partial charge on any atom is -0.481 e. The third-order valence-corrected chi connectivity index (χ3v) is 1.02. The molecule has 0 rings (SSSR count). The van der Waals surface area contributed by atoms with Gasteiger partial charge in [0.2, 0.25) is 0 Å². The minimum atomic E-state index is -0.873. The molecule has 0 amide bonds. The van der Waals surface area contributed by atoms with Crippen LogP contribution in [0.1, 0.15) is 19.3 Å². The average Bonchev–Trinajstić information content (AvgIpc) is 1.83. The molecule has 3 nitrogen and oxygen atoms in total. The van der Waals surface area contributed by atoms with Crippen molar-refractivity contribution < 1.29 is 15.0 Å². The van der Waals surface area contributed by atoms with Crippen LogP contribution >= 0.6 is 0 Å². The zero-order chi connectivity index (χ0) is 7.28. The van der Waals surface area contributed by atoms with E-state index in [-0.39, 0.29) is 6.42 Å². The number of hydrogen-bond acceptors (Lipinski definition) is 2. The summed E-state index contributed by atoms with van der Waals surface area (Å²) >= 11 is 0. The van der Waals surface area contributed by atoms with E-state index in [9.17, 15) is 4.79 Å². The van der Waals surface area contributed by atoms with E-state index in [0.29, 0.717) is 12.8 Å². The van der Waals surface area contributed by atoms with Gasteiger partial charge in [-0.05, 0) is 12.8 Å². The summed E-state index contributed by atoms with van der Waals surface area (Å²) in [5.41, 5.74) is 0. The topological polar surface area (TPSA) is 57.5 Å². The van der Waals surface area contributed by atoms with Gasteiger partial charge in [0.15, 0.2) is 0 Å². The number of hydrogen-bond donors (Lipinski definition) is 2. The van der Waals surface area contributed by atoms with Crippen molar-refractivity contribution in [1.82, 2.24) is 0 Å². The van der Waals surface area contributed by atoms with Gasteiger partial charge in [-0.15, -0.1) is 0 Å². The Morgan fingerprint density at radius 3 is 2.56 bits per heavy atom. The molecule has 0 saturated heterocycles. The van der Waals surface area contributed by atoms with Gasteiger partial charge < -0.3 is 10.2 Å². The molecule has 0 aromatic rings. The summed E-state index contributed by atoms with van der Waals surface area (Å²) in [6, 6.07) is 0. The maximum Gasteiger partial charge on any atom is 0.303 e. The summed E-state index contributed by atoms with van der Waals surface area (Å²) in [6.45, 7) is 3.42. The Morgan fingerprint density at radius 1 is 1.67 bits per heavy atom. The highest BCUT2D eigenvalue weighted by atomic mass is 16.4. The first-order chi connectivity index (χ1) is 4.16. The van der Waals surface area contributed by atoms with E-state index in [1.165, 1.54) is 0 Å². The standard InChI is InChI=1S/C6H11O3/c1-2-5(7)3-4-6(8)9/h5,7H,1-4H2,(H,8,9)/t5-/m1/s1. The first-order valence-electron chi connectivity index (χ1n) is 2.86. The van der Waals surface area contributed by atoms with Gasteiger partial charge >= 0.3 is 5.97 Å². The van der Waals surface area contributed by atoms with Gasteiger partial charge in [0.05, 0.1) is 6.10 Å². The van der Waals surface area contributed by atoms with Crippen molar-refractivity contribution in [3.63, 3.8) is 0 Å². The van der Waals surface area contributed by atoms with Crippen molar-refractivity contribution >= 4 is 5.97 Å². The molecule has 0 aliphatic heterocycles. The van der Waals surface area contributed by atoms with E-state index in [2.05, 4.69) is 6.92 Å². The number of carboxylic acids is 1. The van der Waals surface area contributed by atoms with Crippen LogP contribution in [0.25, 0.3) is 0 Å². The Hall–Kier alpha value is -0.570. The number of carbonyl (C=O) groups is 1. The Labute approximate surface area is 54.3 Å². The Balaban J connectivity index is 3.16. The van der Waals surface area contributed by atoms with Gasteiger partial charge in [-0.3, -0.25) is 4.79 Å². The number of aliphatic hydroxyl groups is 1. The van der Waals surface area contributed by atoms with Crippen LogP contribution in [-0.2, 0) is 4.79 Å². The number of aliphatic hydroxyl groups excluding tert-OH is 1. The van der Waals surface area contributed by atoms with E-state index in [0.717, 1.165) is 0 Å². The van der Waals surface area contributed by atoms with Gasteiger partial charge in [0.1, 0.15) is 0 Å². The van der Waals surface area contributed by atoms with Crippen molar-refractivity contribution in [3.05, 3.63) is 6.92 Å². The molecule has 9 heavy (non-hydrogen) atoms. The van der Waals surface area contributed by atoms with Crippen LogP contribution in [-0.4, -0.2) is 22.3 Å². The molecule has 0 heterocycles. The summed E-state index contributed by atoms with van der Waals surface area (Å²) < 4.78 is 0. The molecule has 1 radical (unpaired) electrons. The Morgan fingerprint density at radius 2 is 2.22 bits per heavy atom. The van der Waals surface area contributed by atoms with Crippen molar-refractivity contribution in [1.29, 1.82) is 0 Å². The number of aliphatic carboxylic acids is 1. The second-order valence-corrected chi connectivity index (χ2v) is 1.87. The normalized spacial score (nSPS) is 13.1. The maximum absolute atomic E-state index is 9.89. The van der Waals surface area contributed by atoms with Crippen LogP contribution < -0.4 is 0 Å². The van der Waals surface area contributed by atoms with Crippen LogP contribution in [0.15, 0.2) is 0 Å². The summed E-state index contributed by atoms with van der Waals surface area (Å²) in [5.74, 6) is -0.873. The number of carboxylic acid groups (broad SMARTS) is 1. The summed E-state index contributed by atoms with van der Waals surface area (Å²) in [6.07, 6.45) is 0.157. The molecular formula is C6H11O3. The molecule has 53 valence electrons. The first kappa shape index (κ1) is 8.43. The van der Waals surface area contributed by atoms with Gasteiger partial charge in [-0.2, -0.15) is 0 Å². The molecule has 0 aliphatic rings. The minimum absolute atomic E-state index is 0.0245. The van der Waals surface area contributed by atoms with Crippen LogP contribution in [0, 0.1) is 6.92 Å². The van der Waals surface area contributed by atoms with Gasteiger partial charge in [0.25, 0.3) is 0 Å². The van der Waals surface area contributed by atoms with Gasteiger partial charge in [-0.1, -0.05) is 6.92 Å².